The van der Waals surface area contributed by atoms with Crippen LogP contribution in [0.1, 0.15) is 10.4 Å². The van der Waals surface area contributed by atoms with Gasteiger partial charge in [-0.05, 0) is 40.2 Å². The number of methoxy groups -OCH3 is 1. The van der Waals surface area contributed by atoms with Crippen molar-refractivity contribution in [2.75, 3.05) is 19.0 Å². The Balaban J connectivity index is 2.02. The van der Waals surface area contributed by atoms with Crippen molar-refractivity contribution >= 4 is 39.2 Å². The van der Waals surface area contributed by atoms with Crippen LogP contribution in [0.4, 0.5) is 15.8 Å². The molecule has 1 amide bonds. The number of amides is 1. The van der Waals surface area contributed by atoms with Crippen molar-refractivity contribution in [3.8, 4) is 5.75 Å². The second-order valence-electron chi connectivity index (χ2n) is 4.89. The molecule has 0 aliphatic carbocycles. The Morgan fingerprint density at radius 1 is 1.27 bits per heavy atom. The van der Waals surface area contributed by atoms with Crippen molar-refractivity contribution in [2.24, 2.45) is 0 Å². The number of esters is 1. The van der Waals surface area contributed by atoms with E-state index in [-0.39, 0.29) is 16.9 Å². The van der Waals surface area contributed by atoms with Crippen molar-refractivity contribution in [3.05, 3.63) is 62.4 Å². The molecular weight excluding hydrogens is 415 g/mol. The number of nitrogens with one attached hydrogen (secondary N) is 1. The van der Waals surface area contributed by atoms with Crippen LogP contribution in [0.5, 0.6) is 5.75 Å². The van der Waals surface area contributed by atoms with Crippen LogP contribution in [0, 0.1) is 15.9 Å². The van der Waals surface area contributed by atoms with Gasteiger partial charge in [0.05, 0.1) is 23.3 Å². The minimum Gasteiger partial charge on any atom is -0.497 e. The van der Waals surface area contributed by atoms with Crippen molar-refractivity contribution in [3.63, 3.8) is 0 Å². The first-order valence-electron chi connectivity index (χ1n) is 7.06. The van der Waals surface area contributed by atoms with Gasteiger partial charge in [0.2, 0.25) is 0 Å². The number of anilines is 1. The molecule has 0 spiro atoms. The van der Waals surface area contributed by atoms with Gasteiger partial charge in [0.25, 0.3) is 11.6 Å². The summed E-state index contributed by atoms with van der Waals surface area (Å²) < 4.78 is 23.9. The van der Waals surface area contributed by atoms with Gasteiger partial charge in [-0.15, -0.1) is 0 Å². The summed E-state index contributed by atoms with van der Waals surface area (Å²) in [4.78, 5) is 33.8. The average molecular weight is 427 g/mol. The molecule has 0 radical (unpaired) electrons. The number of ether oxygens (including phenoxy) is 2. The van der Waals surface area contributed by atoms with E-state index in [1.54, 1.807) is 12.1 Å². The van der Waals surface area contributed by atoms with Gasteiger partial charge in [0, 0.05) is 16.6 Å². The molecule has 0 atom stereocenters. The summed E-state index contributed by atoms with van der Waals surface area (Å²) in [5.41, 5.74) is -0.638. The SMILES string of the molecule is COc1ccc(Br)c(C(=O)OCC(=O)Nc2cc([N+](=O)[O-])ccc2F)c1. The van der Waals surface area contributed by atoms with Gasteiger partial charge >= 0.3 is 5.97 Å². The molecule has 10 heteroatoms. The Morgan fingerprint density at radius 3 is 2.65 bits per heavy atom. The first kappa shape index (κ1) is 19.3. The first-order valence-corrected chi connectivity index (χ1v) is 7.85. The van der Waals surface area contributed by atoms with E-state index in [0.29, 0.717) is 10.2 Å². The standard InChI is InChI=1S/C16H12BrFN2O6/c1-25-10-3-4-12(17)11(7-10)16(22)26-8-15(21)19-14-6-9(20(23)24)2-5-13(14)18/h2-7H,8H2,1H3,(H,19,21). The third-order valence-corrected chi connectivity index (χ3v) is 3.85. The lowest BCUT2D eigenvalue weighted by atomic mass is 10.2. The smallest absolute Gasteiger partial charge is 0.339 e. The molecule has 0 aliphatic rings. The highest BCUT2D eigenvalue weighted by Crippen LogP contribution is 2.23. The maximum atomic E-state index is 13.6. The van der Waals surface area contributed by atoms with Crippen molar-refractivity contribution in [2.45, 2.75) is 0 Å². The van der Waals surface area contributed by atoms with E-state index in [4.69, 9.17) is 9.47 Å². The Morgan fingerprint density at radius 2 is 2.00 bits per heavy atom. The van der Waals surface area contributed by atoms with Gasteiger partial charge in [-0.3, -0.25) is 14.9 Å². The van der Waals surface area contributed by atoms with E-state index in [2.05, 4.69) is 21.2 Å². The van der Waals surface area contributed by atoms with E-state index in [1.165, 1.54) is 13.2 Å². The molecule has 1 N–H and O–H groups in total. The minimum atomic E-state index is -0.856. The molecule has 0 unspecified atom stereocenters. The number of carbonyl (C=O) groups is 2. The molecule has 26 heavy (non-hydrogen) atoms. The third kappa shape index (κ3) is 4.76. The van der Waals surface area contributed by atoms with Crippen molar-refractivity contribution in [1.29, 1.82) is 0 Å². The summed E-state index contributed by atoms with van der Waals surface area (Å²) in [5.74, 6) is -2.09. The molecule has 8 nitrogen and oxygen atoms in total. The maximum absolute atomic E-state index is 13.6. The topological polar surface area (TPSA) is 108 Å². The second-order valence-corrected chi connectivity index (χ2v) is 5.75. The van der Waals surface area contributed by atoms with Crippen LogP contribution in [-0.2, 0) is 9.53 Å². The Kier molecular flexibility index (Phi) is 6.23. The number of halogens is 2. The van der Waals surface area contributed by atoms with Gasteiger partial charge in [0.1, 0.15) is 11.6 Å². The Labute approximate surface area is 155 Å². The van der Waals surface area contributed by atoms with E-state index in [9.17, 15) is 24.1 Å². The Hall–Kier alpha value is -3.01. The molecule has 0 saturated carbocycles. The fraction of sp³-hybridized carbons (Fsp3) is 0.125. The van der Waals surface area contributed by atoms with E-state index in [1.807, 2.05) is 0 Å². The second kappa shape index (κ2) is 8.39. The van der Waals surface area contributed by atoms with Crippen LogP contribution in [0.15, 0.2) is 40.9 Å². The molecule has 0 fully saturated rings. The zero-order valence-electron chi connectivity index (χ0n) is 13.3. The van der Waals surface area contributed by atoms with Crippen molar-refractivity contribution < 1.29 is 28.4 Å². The number of nitro groups is 1. The van der Waals surface area contributed by atoms with E-state index in [0.717, 1.165) is 18.2 Å². The van der Waals surface area contributed by atoms with Gasteiger partial charge < -0.3 is 14.8 Å². The summed E-state index contributed by atoms with van der Waals surface area (Å²) in [7, 11) is 1.43. The van der Waals surface area contributed by atoms with Crippen LogP contribution in [0.25, 0.3) is 0 Å². The van der Waals surface area contributed by atoms with Crippen LogP contribution in [-0.4, -0.2) is 30.5 Å². The molecule has 0 aromatic heterocycles. The fourth-order valence-corrected chi connectivity index (χ4v) is 2.31. The van der Waals surface area contributed by atoms with E-state index < -0.39 is 29.2 Å². The lowest BCUT2D eigenvalue weighted by molar-refractivity contribution is -0.384. The zero-order chi connectivity index (χ0) is 19.3. The number of carbonyl (C=O) groups excluding carboxylic acids is 2. The Bertz CT molecular complexity index is 874. The van der Waals surface area contributed by atoms with Crippen LogP contribution < -0.4 is 10.1 Å². The van der Waals surface area contributed by atoms with Gasteiger partial charge in [-0.25, -0.2) is 9.18 Å². The molecule has 0 aliphatic heterocycles. The summed E-state index contributed by atoms with van der Waals surface area (Å²) in [6.45, 7) is -0.704. The quantitative estimate of drug-likeness (QED) is 0.431. The van der Waals surface area contributed by atoms with Crippen molar-refractivity contribution in [1.82, 2.24) is 0 Å². The van der Waals surface area contributed by atoms with Crippen LogP contribution >= 0.6 is 15.9 Å². The first-order chi connectivity index (χ1) is 12.3. The third-order valence-electron chi connectivity index (χ3n) is 3.16. The highest BCUT2D eigenvalue weighted by molar-refractivity contribution is 9.10. The number of non-ortho nitro benzene ring substituents is 1. The number of benzene rings is 2. The highest BCUT2D eigenvalue weighted by Gasteiger charge is 2.17. The molecule has 2 rings (SSSR count). The summed E-state index contributed by atoms with van der Waals surface area (Å²) in [5, 5.41) is 12.8. The number of hydrogen-bond acceptors (Lipinski definition) is 6. The number of nitrogens with zero attached hydrogens (tertiary/aromatic N) is 1. The molecule has 2 aromatic carbocycles. The minimum absolute atomic E-state index is 0.138. The van der Waals surface area contributed by atoms with Gasteiger partial charge in [0.15, 0.2) is 6.61 Å². The largest absolute Gasteiger partial charge is 0.497 e. The van der Waals surface area contributed by atoms with Crippen LogP contribution in [0.2, 0.25) is 0 Å². The lowest BCUT2D eigenvalue weighted by Gasteiger charge is -2.09. The maximum Gasteiger partial charge on any atom is 0.339 e. The molecule has 0 bridgehead atoms. The predicted molar refractivity (Wildman–Crippen MR) is 92.7 cm³/mol. The number of nitro benzene ring substituents is 1. The monoisotopic (exact) mass is 426 g/mol. The molecule has 0 heterocycles. The summed E-state index contributed by atoms with van der Waals surface area (Å²) >= 11 is 3.18. The lowest BCUT2D eigenvalue weighted by Crippen LogP contribution is -2.21. The summed E-state index contributed by atoms with van der Waals surface area (Å²) in [6.07, 6.45) is 0. The highest BCUT2D eigenvalue weighted by atomic mass is 79.9. The number of hydrogen-bond donors (Lipinski definition) is 1. The van der Waals surface area contributed by atoms with Gasteiger partial charge in [-0.2, -0.15) is 0 Å². The van der Waals surface area contributed by atoms with Gasteiger partial charge in [-0.1, -0.05) is 0 Å². The predicted octanol–water partition coefficient (Wildman–Crippen LogP) is 3.30. The zero-order valence-corrected chi connectivity index (χ0v) is 14.9. The molecule has 2 aromatic rings. The van der Waals surface area contributed by atoms with E-state index >= 15 is 0 Å². The number of rotatable bonds is 6. The fourth-order valence-electron chi connectivity index (χ4n) is 1.91. The molecular formula is C16H12BrFN2O6. The normalized spacial score (nSPS) is 10.1. The summed E-state index contributed by atoms with van der Waals surface area (Å²) in [6, 6.07) is 7.31. The molecule has 136 valence electrons. The van der Waals surface area contributed by atoms with Crippen LogP contribution in [0.3, 0.4) is 0 Å². The molecule has 0 saturated heterocycles. The average Bonchev–Trinajstić information content (AvgIpc) is 2.61.